The van der Waals surface area contributed by atoms with Crippen molar-refractivity contribution in [1.29, 1.82) is 0 Å². The average Bonchev–Trinajstić information content (AvgIpc) is 3.25. The number of thiophene rings is 1. The number of hydrogen-bond acceptors (Lipinski definition) is 6. The minimum Gasteiger partial charge on any atom is -0.462 e. The number of esters is 2. The van der Waals surface area contributed by atoms with Gasteiger partial charge in [-0.3, -0.25) is 14.5 Å². The van der Waals surface area contributed by atoms with E-state index in [1.807, 2.05) is 0 Å². The van der Waals surface area contributed by atoms with Crippen LogP contribution in [-0.4, -0.2) is 35.9 Å². The molecule has 1 aliphatic heterocycles. The molecule has 0 atom stereocenters. The second-order valence-electron chi connectivity index (χ2n) is 6.79. The molecule has 0 aliphatic carbocycles. The first-order chi connectivity index (χ1) is 14.9. The fourth-order valence-electron chi connectivity index (χ4n) is 3.50. The maximum Gasteiger partial charge on any atom is 0.348 e. The van der Waals surface area contributed by atoms with Crippen LogP contribution >= 0.6 is 11.3 Å². The molecule has 1 amide bonds. The highest BCUT2D eigenvalue weighted by Gasteiger charge is 2.32. The lowest BCUT2D eigenvalue weighted by Gasteiger charge is -2.16. The van der Waals surface area contributed by atoms with Crippen molar-refractivity contribution in [3.05, 3.63) is 76.4 Å². The molecule has 0 fully saturated rings. The number of hydrogen-bond donors (Lipinski definition) is 0. The molecule has 0 N–H and O–H groups in total. The Kier molecular flexibility index (Phi) is 5.56. The van der Waals surface area contributed by atoms with Crippen molar-refractivity contribution in [2.45, 2.75) is 13.5 Å². The third-order valence-electron chi connectivity index (χ3n) is 4.93. The molecule has 6 nitrogen and oxygen atoms in total. The minimum absolute atomic E-state index is 0.161. The lowest BCUT2D eigenvalue weighted by atomic mass is 10.1. The molecule has 0 spiro atoms. The van der Waals surface area contributed by atoms with Crippen LogP contribution in [0.2, 0.25) is 0 Å². The molecule has 0 unspecified atom stereocenters. The summed E-state index contributed by atoms with van der Waals surface area (Å²) >= 11 is 1.08. The molecule has 0 bridgehead atoms. The summed E-state index contributed by atoms with van der Waals surface area (Å²) in [7, 11) is 0. The fraction of sp³-hybridized carbons (Fsp3) is 0.174. The molecule has 8 heteroatoms. The van der Waals surface area contributed by atoms with E-state index in [2.05, 4.69) is 6.58 Å². The SMILES string of the molecule is C=C1c2ccccc2C(=O)N1CC(=O)OCc1c(C(=O)OCC)sc2cccc(F)c12. The summed E-state index contributed by atoms with van der Waals surface area (Å²) in [6.45, 7) is 5.05. The molecule has 0 saturated carbocycles. The van der Waals surface area contributed by atoms with Crippen molar-refractivity contribution in [2.24, 2.45) is 0 Å². The lowest BCUT2D eigenvalue weighted by Crippen LogP contribution is -2.30. The molecule has 4 rings (SSSR count). The Morgan fingerprint density at radius 1 is 1.10 bits per heavy atom. The molecule has 2 aromatic carbocycles. The molecule has 1 aliphatic rings. The van der Waals surface area contributed by atoms with E-state index in [4.69, 9.17) is 9.47 Å². The van der Waals surface area contributed by atoms with Gasteiger partial charge in [0.1, 0.15) is 23.8 Å². The molecule has 158 valence electrons. The first kappa shape index (κ1) is 20.7. The van der Waals surface area contributed by atoms with Crippen molar-refractivity contribution in [3.8, 4) is 0 Å². The summed E-state index contributed by atoms with van der Waals surface area (Å²) in [5.41, 5.74) is 1.79. The van der Waals surface area contributed by atoms with Gasteiger partial charge in [0.25, 0.3) is 5.91 Å². The minimum atomic E-state index is -0.701. The number of amides is 1. The van der Waals surface area contributed by atoms with Gasteiger partial charge in [0.05, 0.1) is 6.61 Å². The topological polar surface area (TPSA) is 72.9 Å². The standard InChI is InChI=1S/C23H18FNO5S/c1-3-29-23(28)21-16(20-17(24)9-6-10-18(20)31-21)12-30-19(26)11-25-13(2)14-7-4-5-8-15(14)22(25)27/h4-10H,2-3,11-12H2,1H3. The number of rotatable bonds is 6. The van der Waals surface area contributed by atoms with Gasteiger partial charge in [0.2, 0.25) is 0 Å². The van der Waals surface area contributed by atoms with Crippen molar-refractivity contribution in [2.75, 3.05) is 13.2 Å². The van der Waals surface area contributed by atoms with E-state index >= 15 is 0 Å². The maximum atomic E-state index is 14.5. The zero-order valence-electron chi connectivity index (χ0n) is 16.6. The highest BCUT2D eigenvalue weighted by Crippen LogP contribution is 2.35. The summed E-state index contributed by atoms with van der Waals surface area (Å²) < 4.78 is 25.4. The zero-order chi connectivity index (χ0) is 22.1. The van der Waals surface area contributed by atoms with Gasteiger partial charge in [-0.15, -0.1) is 11.3 Å². The van der Waals surface area contributed by atoms with Crippen molar-refractivity contribution < 1.29 is 28.2 Å². The van der Waals surface area contributed by atoms with E-state index in [-0.39, 0.29) is 41.5 Å². The molecule has 31 heavy (non-hydrogen) atoms. The Bertz CT molecular complexity index is 1200. The van der Waals surface area contributed by atoms with Gasteiger partial charge >= 0.3 is 11.9 Å². The van der Waals surface area contributed by atoms with E-state index in [0.29, 0.717) is 21.5 Å². The van der Waals surface area contributed by atoms with Crippen LogP contribution in [0, 0.1) is 5.82 Å². The average molecular weight is 439 g/mol. The molecular formula is C23H18FNO5S. The van der Waals surface area contributed by atoms with Crippen LogP contribution in [0.3, 0.4) is 0 Å². The Labute approximate surface area is 181 Å². The van der Waals surface area contributed by atoms with Gasteiger partial charge in [-0.05, 0) is 25.1 Å². The van der Waals surface area contributed by atoms with Gasteiger partial charge in [-0.1, -0.05) is 30.8 Å². The second-order valence-corrected chi connectivity index (χ2v) is 7.84. The Hall–Kier alpha value is -3.52. The number of nitrogens with zero attached hydrogens (tertiary/aromatic N) is 1. The van der Waals surface area contributed by atoms with Gasteiger partial charge in [0.15, 0.2) is 0 Å². The maximum absolute atomic E-state index is 14.5. The number of ether oxygens (including phenoxy) is 2. The summed E-state index contributed by atoms with van der Waals surface area (Å²) in [5, 5.41) is 0.220. The Morgan fingerprint density at radius 2 is 1.84 bits per heavy atom. The smallest absolute Gasteiger partial charge is 0.348 e. The molecular weight excluding hydrogens is 421 g/mol. The summed E-state index contributed by atoms with van der Waals surface area (Å²) in [6, 6.07) is 11.4. The van der Waals surface area contributed by atoms with Crippen molar-refractivity contribution in [3.63, 3.8) is 0 Å². The fourth-order valence-corrected chi connectivity index (χ4v) is 4.61. The van der Waals surface area contributed by atoms with E-state index in [1.165, 1.54) is 11.0 Å². The van der Waals surface area contributed by atoms with Gasteiger partial charge in [-0.2, -0.15) is 0 Å². The number of benzene rings is 2. The van der Waals surface area contributed by atoms with E-state index in [9.17, 15) is 18.8 Å². The van der Waals surface area contributed by atoms with Gasteiger partial charge < -0.3 is 9.47 Å². The second kappa shape index (κ2) is 8.31. The van der Waals surface area contributed by atoms with Gasteiger partial charge in [0, 0.05) is 32.5 Å². The first-order valence-corrected chi connectivity index (χ1v) is 10.4. The first-order valence-electron chi connectivity index (χ1n) is 9.55. The lowest BCUT2D eigenvalue weighted by molar-refractivity contribution is -0.145. The molecule has 0 saturated heterocycles. The summed E-state index contributed by atoms with van der Waals surface area (Å²) in [5.74, 6) is -2.16. The van der Waals surface area contributed by atoms with Crippen LogP contribution in [0.4, 0.5) is 4.39 Å². The van der Waals surface area contributed by atoms with Crippen molar-refractivity contribution >= 4 is 45.0 Å². The molecule has 0 radical (unpaired) electrons. The Morgan fingerprint density at radius 3 is 2.55 bits per heavy atom. The predicted molar refractivity (Wildman–Crippen MR) is 114 cm³/mol. The molecule has 1 aromatic heterocycles. The van der Waals surface area contributed by atoms with Crippen molar-refractivity contribution in [1.82, 2.24) is 4.90 Å². The monoisotopic (exact) mass is 439 g/mol. The number of fused-ring (bicyclic) bond motifs is 2. The third kappa shape index (κ3) is 3.70. The van der Waals surface area contributed by atoms with Crippen LogP contribution in [0.5, 0.6) is 0 Å². The number of carbonyl (C=O) groups excluding carboxylic acids is 3. The third-order valence-corrected chi connectivity index (χ3v) is 6.11. The normalized spacial score (nSPS) is 12.9. The number of carbonyl (C=O) groups is 3. The largest absolute Gasteiger partial charge is 0.462 e. The van der Waals surface area contributed by atoms with Crippen LogP contribution in [0.25, 0.3) is 15.8 Å². The molecule has 3 aromatic rings. The predicted octanol–water partition coefficient (Wildman–Crippen LogP) is 4.39. The van der Waals surface area contributed by atoms with Gasteiger partial charge in [-0.25, -0.2) is 9.18 Å². The number of halogens is 1. The highest BCUT2D eigenvalue weighted by atomic mass is 32.1. The van der Waals surface area contributed by atoms with Crippen LogP contribution < -0.4 is 0 Å². The molecule has 2 heterocycles. The Balaban J connectivity index is 1.54. The van der Waals surface area contributed by atoms with E-state index in [1.54, 1.807) is 43.3 Å². The van der Waals surface area contributed by atoms with E-state index < -0.39 is 17.8 Å². The van der Waals surface area contributed by atoms with Crippen LogP contribution in [-0.2, 0) is 20.9 Å². The summed E-state index contributed by atoms with van der Waals surface area (Å²) in [4.78, 5) is 38.8. The zero-order valence-corrected chi connectivity index (χ0v) is 17.5. The van der Waals surface area contributed by atoms with E-state index in [0.717, 1.165) is 11.3 Å². The van der Waals surface area contributed by atoms with Crippen LogP contribution in [0.15, 0.2) is 49.0 Å². The quantitative estimate of drug-likeness (QED) is 0.533. The summed E-state index contributed by atoms with van der Waals surface area (Å²) in [6.07, 6.45) is 0. The van der Waals surface area contributed by atoms with Crippen LogP contribution in [0.1, 0.15) is 38.1 Å². The highest BCUT2D eigenvalue weighted by molar-refractivity contribution is 7.21.